The summed E-state index contributed by atoms with van der Waals surface area (Å²) >= 11 is 0. The third-order valence-corrected chi connectivity index (χ3v) is 2.19. The van der Waals surface area contributed by atoms with Crippen molar-refractivity contribution in [1.82, 2.24) is 10.2 Å². The van der Waals surface area contributed by atoms with Crippen LogP contribution in [0.2, 0.25) is 0 Å². The van der Waals surface area contributed by atoms with Crippen LogP contribution in [-0.4, -0.2) is 56.9 Å². The number of nitrogens with two attached hydrogens (primary N) is 1. The van der Waals surface area contributed by atoms with E-state index in [1.807, 2.05) is 0 Å². The van der Waals surface area contributed by atoms with Gasteiger partial charge in [0.15, 0.2) is 0 Å². The second-order valence-electron chi connectivity index (χ2n) is 3.63. The topological polar surface area (TPSA) is 88.7 Å². The van der Waals surface area contributed by atoms with Crippen molar-refractivity contribution in [2.24, 2.45) is 5.73 Å². The lowest BCUT2D eigenvalue weighted by Gasteiger charge is -2.07. The summed E-state index contributed by atoms with van der Waals surface area (Å²) in [7, 11) is 1.64. The molecule has 1 aromatic rings. The van der Waals surface area contributed by atoms with Crippen molar-refractivity contribution < 1.29 is 18.9 Å². The lowest BCUT2D eigenvalue weighted by atomic mass is 10.4. The molecule has 0 spiro atoms. The molecule has 7 nitrogen and oxygen atoms in total. The third kappa shape index (κ3) is 7.68. The maximum atomic E-state index is 5.42. The van der Waals surface area contributed by atoms with E-state index < -0.39 is 0 Å². The fourth-order valence-electron chi connectivity index (χ4n) is 1.20. The second-order valence-corrected chi connectivity index (χ2v) is 3.63. The Morgan fingerprint density at radius 1 is 0.947 bits per heavy atom. The normalized spacial score (nSPS) is 10.6. The Hall–Kier alpha value is -1.28. The summed E-state index contributed by atoms with van der Waals surface area (Å²) in [6.07, 6.45) is 0. The molecule has 0 aromatic carbocycles. The molecular formula is C12H21N3O4. The second kappa shape index (κ2) is 10.6. The summed E-state index contributed by atoms with van der Waals surface area (Å²) < 4.78 is 20.8. The summed E-state index contributed by atoms with van der Waals surface area (Å²) in [4.78, 5) is 0. The van der Waals surface area contributed by atoms with Crippen molar-refractivity contribution in [3.8, 4) is 5.88 Å². The molecule has 19 heavy (non-hydrogen) atoms. The smallest absolute Gasteiger partial charge is 0.233 e. The average Bonchev–Trinajstić information content (AvgIpc) is 2.46. The molecule has 1 aromatic heterocycles. The zero-order valence-electron chi connectivity index (χ0n) is 11.2. The first kappa shape index (κ1) is 15.8. The van der Waals surface area contributed by atoms with Gasteiger partial charge < -0.3 is 24.7 Å². The average molecular weight is 271 g/mol. The predicted octanol–water partition coefficient (Wildman–Crippen LogP) is -0.00630. The van der Waals surface area contributed by atoms with E-state index in [0.29, 0.717) is 52.1 Å². The first-order valence-electron chi connectivity index (χ1n) is 6.16. The van der Waals surface area contributed by atoms with Crippen molar-refractivity contribution in [3.05, 3.63) is 17.8 Å². The zero-order chi connectivity index (χ0) is 13.8. The van der Waals surface area contributed by atoms with Crippen molar-refractivity contribution in [1.29, 1.82) is 0 Å². The van der Waals surface area contributed by atoms with Gasteiger partial charge in [0.25, 0.3) is 0 Å². The number of nitrogens with zero attached hydrogens (tertiary/aromatic N) is 2. The van der Waals surface area contributed by atoms with E-state index in [9.17, 15) is 0 Å². The highest BCUT2D eigenvalue weighted by Gasteiger charge is 1.97. The first-order chi connectivity index (χ1) is 9.36. The number of ether oxygens (including phenoxy) is 4. The number of hydrogen-bond acceptors (Lipinski definition) is 7. The maximum Gasteiger partial charge on any atom is 0.233 e. The molecule has 0 fully saturated rings. The number of hydrogen-bond donors (Lipinski definition) is 1. The first-order valence-corrected chi connectivity index (χ1v) is 6.16. The van der Waals surface area contributed by atoms with Crippen LogP contribution in [0.25, 0.3) is 0 Å². The van der Waals surface area contributed by atoms with Crippen LogP contribution in [0.3, 0.4) is 0 Å². The fourth-order valence-corrected chi connectivity index (χ4v) is 1.20. The van der Waals surface area contributed by atoms with Crippen LogP contribution < -0.4 is 10.5 Å². The molecular weight excluding hydrogens is 250 g/mol. The molecule has 7 heteroatoms. The molecule has 0 atom stereocenters. The lowest BCUT2D eigenvalue weighted by Crippen LogP contribution is -2.13. The van der Waals surface area contributed by atoms with Crippen LogP contribution in [0.15, 0.2) is 12.1 Å². The van der Waals surface area contributed by atoms with E-state index in [2.05, 4.69) is 10.2 Å². The zero-order valence-corrected chi connectivity index (χ0v) is 11.2. The van der Waals surface area contributed by atoms with E-state index in [0.717, 1.165) is 5.69 Å². The Morgan fingerprint density at radius 2 is 1.63 bits per heavy atom. The van der Waals surface area contributed by atoms with Crippen LogP contribution in [0.5, 0.6) is 5.88 Å². The Morgan fingerprint density at radius 3 is 2.21 bits per heavy atom. The van der Waals surface area contributed by atoms with Gasteiger partial charge >= 0.3 is 0 Å². The van der Waals surface area contributed by atoms with E-state index in [-0.39, 0.29) is 0 Å². The molecule has 1 heterocycles. The molecule has 0 aliphatic carbocycles. The van der Waals surface area contributed by atoms with Gasteiger partial charge in [0.2, 0.25) is 5.88 Å². The number of rotatable bonds is 11. The number of aromatic nitrogens is 2. The molecule has 1 rings (SSSR count). The van der Waals surface area contributed by atoms with Gasteiger partial charge in [-0.3, -0.25) is 0 Å². The van der Waals surface area contributed by atoms with Crippen LogP contribution >= 0.6 is 0 Å². The Balaban J connectivity index is 1.95. The predicted molar refractivity (Wildman–Crippen MR) is 68.9 cm³/mol. The molecule has 0 aliphatic heterocycles. The number of methoxy groups -OCH3 is 1. The quantitative estimate of drug-likeness (QED) is 0.566. The summed E-state index contributed by atoms with van der Waals surface area (Å²) in [5.74, 6) is 0.470. The van der Waals surface area contributed by atoms with Gasteiger partial charge in [-0.05, 0) is 6.07 Å². The summed E-state index contributed by atoms with van der Waals surface area (Å²) in [5, 5.41) is 7.75. The van der Waals surface area contributed by atoms with Gasteiger partial charge in [-0.2, -0.15) is 5.10 Å². The molecule has 0 saturated carbocycles. The summed E-state index contributed by atoms with van der Waals surface area (Å²) in [5.41, 5.74) is 6.15. The molecule has 0 amide bonds. The Kier molecular flexibility index (Phi) is 8.82. The van der Waals surface area contributed by atoms with Crippen molar-refractivity contribution in [2.45, 2.75) is 6.54 Å². The van der Waals surface area contributed by atoms with Crippen molar-refractivity contribution >= 4 is 0 Å². The van der Waals surface area contributed by atoms with Crippen LogP contribution in [0.1, 0.15) is 5.69 Å². The maximum absolute atomic E-state index is 5.42. The minimum Gasteiger partial charge on any atom is -0.474 e. The fraction of sp³-hybridized carbons (Fsp3) is 0.667. The van der Waals surface area contributed by atoms with Gasteiger partial charge in [-0.1, -0.05) is 0 Å². The van der Waals surface area contributed by atoms with Gasteiger partial charge in [-0.15, -0.1) is 5.10 Å². The van der Waals surface area contributed by atoms with E-state index in [1.54, 1.807) is 19.2 Å². The van der Waals surface area contributed by atoms with Gasteiger partial charge in [0.05, 0.1) is 38.7 Å². The summed E-state index contributed by atoms with van der Waals surface area (Å²) in [6.45, 7) is 3.54. The molecule has 2 N–H and O–H groups in total. The lowest BCUT2D eigenvalue weighted by molar-refractivity contribution is 0.0176. The molecule has 0 aliphatic rings. The minimum absolute atomic E-state index is 0.374. The molecule has 0 bridgehead atoms. The third-order valence-electron chi connectivity index (χ3n) is 2.19. The van der Waals surface area contributed by atoms with E-state index in [4.69, 9.17) is 24.7 Å². The van der Waals surface area contributed by atoms with E-state index in [1.165, 1.54) is 0 Å². The molecule has 0 unspecified atom stereocenters. The standard InChI is InChI=1S/C12H21N3O4/c1-16-4-5-17-6-7-18-8-9-19-12-3-2-11(10-13)14-15-12/h2-3H,4-10,13H2,1H3. The SMILES string of the molecule is COCCOCCOCCOc1ccc(CN)nn1. The molecule has 0 radical (unpaired) electrons. The molecule has 108 valence electrons. The van der Waals surface area contributed by atoms with Crippen LogP contribution in [0, 0.1) is 0 Å². The Labute approximate surface area is 113 Å². The van der Waals surface area contributed by atoms with Crippen LogP contribution in [-0.2, 0) is 20.8 Å². The van der Waals surface area contributed by atoms with Gasteiger partial charge in [-0.25, -0.2) is 0 Å². The van der Waals surface area contributed by atoms with Crippen molar-refractivity contribution in [3.63, 3.8) is 0 Å². The highest BCUT2D eigenvalue weighted by atomic mass is 16.6. The monoisotopic (exact) mass is 271 g/mol. The van der Waals surface area contributed by atoms with Gasteiger partial charge in [0.1, 0.15) is 6.61 Å². The van der Waals surface area contributed by atoms with Gasteiger partial charge in [0, 0.05) is 19.7 Å². The highest BCUT2D eigenvalue weighted by molar-refractivity contribution is 5.11. The Bertz CT molecular complexity index is 321. The summed E-state index contributed by atoms with van der Waals surface area (Å²) in [6, 6.07) is 3.52. The van der Waals surface area contributed by atoms with Crippen LogP contribution in [0.4, 0.5) is 0 Å². The molecule has 0 saturated heterocycles. The minimum atomic E-state index is 0.374. The van der Waals surface area contributed by atoms with Crippen molar-refractivity contribution in [2.75, 3.05) is 46.8 Å². The largest absolute Gasteiger partial charge is 0.474 e. The van der Waals surface area contributed by atoms with E-state index >= 15 is 0 Å². The highest BCUT2D eigenvalue weighted by Crippen LogP contribution is 2.03.